The zero-order valence-electron chi connectivity index (χ0n) is 11.8. The number of hydrogen-bond donors (Lipinski definition) is 2. The normalized spacial score (nSPS) is 21.0. The van der Waals surface area contributed by atoms with Crippen molar-refractivity contribution in [3.63, 3.8) is 0 Å². The molecule has 0 atom stereocenters. The van der Waals surface area contributed by atoms with E-state index in [9.17, 15) is 9.90 Å². The van der Waals surface area contributed by atoms with Gasteiger partial charge in [0.1, 0.15) is 5.60 Å². The molecule has 1 saturated carbocycles. The molecule has 0 bridgehead atoms. The largest absolute Gasteiger partial charge is 0.379 e. The van der Waals surface area contributed by atoms with E-state index in [0.717, 1.165) is 23.3 Å². The van der Waals surface area contributed by atoms with Gasteiger partial charge in [-0.3, -0.25) is 9.78 Å². The van der Waals surface area contributed by atoms with Crippen LogP contribution in [0.15, 0.2) is 30.7 Å². The Labute approximate surface area is 131 Å². The molecular weight excluding hydrogens is 302 g/mol. The number of anilines is 1. The van der Waals surface area contributed by atoms with Crippen LogP contribution in [0.4, 0.5) is 5.13 Å². The van der Waals surface area contributed by atoms with Crippen LogP contribution in [-0.2, 0) is 20.5 Å². The highest BCUT2D eigenvalue weighted by molar-refractivity contribution is 7.15. The van der Waals surface area contributed by atoms with Gasteiger partial charge in [-0.25, -0.2) is 4.98 Å². The van der Waals surface area contributed by atoms with Gasteiger partial charge in [0.25, 0.3) is 0 Å². The lowest BCUT2D eigenvalue weighted by Crippen LogP contribution is -2.45. The van der Waals surface area contributed by atoms with E-state index in [0.29, 0.717) is 5.13 Å². The molecule has 6 nitrogen and oxygen atoms in total. The van der Waals surface area contributed by atoms with E-state index < -0.39 is 11.0 Å². The SMILES string of the molecule is O=C(Nc1ncc(C2(O)COC2)s1)C1(c2cccnc2)CC1. The molecule has 2 fully saturated rings. The molecule has 0 aromatic carbocycles. The van der Waals surface area contributed by atoms with Crippen molar-refractivity contribution in [1.29, 1.82) is 0 Å². The molecule has 7 heteroatoms. The Morgan fingerprint density at radius 3 is 2.77 bits per heavy atom. The fraction of sp³-hybridized carbons (Fsp3) is 0.400. The van der Waals surface area contributed by atoms with Crippen molar-refractivity contribution in [2.45, 2.75) is 23.9 Å². The number of aliphatic hydroxyl groups is 1. The average Bonchev–Trinajstić information content (AvgIpc) is 3.20. The lowest BCUT2D eigenvalue weighted by molar-refractivity contribution is -0.182. The third kappa shape index (κ3) is 2.13. The highest BCUT2D eigenvalue weighted by atomic mass is 32.1. The van der Waals surface area contributed by atoms with Crippen LogP contribution in [0.2, 0.25) is 0 Å². The second kappa shape index (κ2) is 4.84. The van der Waals surface area contributed by atoms with Gasteiger partial charge in [-0.05, 0) is 24.5 Å². The van der Waals surface area contributed by atoms with Crippen molar-refractivity contribution in [1.82, 2.24) is 9.97 Å². The van der Waals surface area contributed by atoms with E-state index in [1.54, 1.807) is 18.6 Å². The number of pyridine rings is 1. The highest BCUT2D eigenvalue weighted by Crippen LogP contribution is 2.49. The van der Waals surface area contributed by atoms with Crippen LogP contribution < -0.4 is 5.32 Å². The van der Waals surface area contributed by atoms with Crippen molar-refractivity contribution in [2.24, 2.45) is 0 Å². The van der Waals surface area contributed by atoms with Gasteiger partial charge in [-0.15, -0.1) is 0 Å². The van der Waals surface area contributed by atoms with E-state index in [1.165, 1.54) is 11.3 Å². The first-order valence-electron chi connectivity index (χ1n) is 7.11. The van der Waals surface area contributed by atoms with Gasteiger partial charge < -0.3 is 15.2 Å². The monoisotopic (exact) mass is 317 g/mol. The average molecular weight is 317 g/mol. The number of ether oxygens (including phenoxy) is 1. The number of carbonyl (C=O) groups is 1. The zero-order valence-corrected chi connectivity index (χ0v) is 12.6. The van der Waals surface area contributed by atoms with Crippen molar-refractivity contribution >= 4 is 22.4 Å². The Morgan fingerprint density at radius 1 is 1.36 bits per heavy atom. The highest BCUT2D eigenvalue weighted by Gasteiger charge is 2.51. The lowest BCUT2D eigenvalue weighted by Gasteiger charge is -2.34. The predicted molar refractivity (Wildman–Crippen MR) is 80.6 cm³/mol. The van der Waals surface area contributed by atoms with E-state index in [1.807, 2.05) is 12.1 Å². The second-order valence-corrected chi connectivity index (χ2v) is 6.86. The number of nitrogens with one attached hydrogen (secondary N) is 1. The number of aromatic nitrogens is 2. The van der Waals surface area contributed by atoms with Gasteiger partial charge in [0.05, 0.1) is 23.5 Å². The molecule has 2 aromatic rings. The summed E-state index contributed by atoms with van der Waals surface area (Å²) in [6.07, 6.45) is 6.69. The Morgan fingerprint density at radius 2 is 2.18 bits per heavy atom. The molecule has 0 unspecified atom stereocenters. The van der Waals surface area contributed by atoms with Gasteiger partial charge in [0, 0.05) is 18.6 Å². The molecular formula is C15H15N3O3S. The summed E-state index contributed by atoms with van der Waals surface area (Å²) in [7, 11) is 0. The second-order valence-electron chi connectivity index (χ2n) is 5.83. The third-order valence-corrected chi connectivity index (χ3v) is 5.37. The van der Waals surface area contributed by atoms with Gasteiger partial charge in [-0.2, -0.15) is 0 Å². The third-order valence-electron chi connectivity index (χ3n) is 4.27. The van der Waals surface area contributed by atoms with Crippen LogP contribution in [0.25, 0.3) is 0 Å². The summed E-state index contributed by atoms with van der Waals surface area (Å²) in [5.41, 5.74) is -0.479. The summed E-state index contributed by atoms with van der Waals surface area (Å²) >= 11 is 1.29. The summed E-state index contributed by atoms with van der Waals surface area (Å²) in [5, 5.41) is 13.6. The standard InChI is InChI=1S/C15H15N3O3S/c19-12(14(3-4-14)10-2-1-5-16-6-10)18-13-17-7-11(22-13)15(20)8-21-9-15/h1-2,5-7,20H,3-4,8-9H2,(H,17,18,19). The van der Waals surface area contributed by atoms with Crippen LogP contribution in [0.3, 0.4) is 0 Å². The molecule has 0 radical (unpaired) electrons. The fourth-order valence-electron chi connectivity index (χ4n) is 2.62. The molecule has 2 aromatic heterocycles. The molecule has 2 N–H and O–H groups in total. The molecule has 4 rings (SSSR count). The molecule has 1 aliphatic carbocycles. The van der Waals surface area contributed by atoms with Crippen LogP contribution in [0.1, 0.15) is 23.3 Å². The van der Waals surface area contributed by atoms with Gasteiger partial charge >= 0.3 is 0 Å². The minimum absolute atomic E-state index is 0.0572. The Kier molecular flexibility index (Phi) is 3.04. The maximum Gasteiger partial charge on any atom is 0.236 e. The summed E-state index contributed by atoms with van der Waals surface area (Å²) in [6.45, 7) is 0.560. The van der Waals surface area contributed by atoms with Gasteiger partial charge in [0.2, 0.25) is 5.91 Å². The first kappa shape index (κ1) is 13.8. The van der Waals surface area contributed by atoms with E-state index in [2.05, 4.69) is 15.3 Å². The van der Waals surface area contributed by atoms with Crippen LogP contribution >= 0.6 is 11.3 Å². The minimum Gasteiger partial charge on any atom is -0.379 e. The summed E-state index contributed by atoms with van der Waals surface area (Å²) in [4.78, 5) is 21.6. The quantitative estimate of drug-likeness (QED) is 0.891. The zero-order chi connectivity index (χ0) is 15.2. The summed E-state index contributed by atoms with van der Waals surface area (Å²) in [5.74, 6) is -0.0572. The van der Waals surface area contributed by atoms with Crippen LogP contribution in [-0.4, -0.2) is 34.2 Å². The Hall–Kier alpha value is -1.83. The number of rotatable bonds is 4. The first-order chi connectivity index (χ1) is 10.6. The Bertz CT molecular complexity index is 708. The fourth-order valence-corrected chi connectivity index (χ4v) is 3.49. The molecule has 0 spiro atoms. The number of amides is 1. The molecule has 3 heterocycles. The predicted octanol–water partition coefficient (Wildman–Crippen LogP) is 1.43. The van der Waals surface area contributed by atoms with Crippen molar-refractivity contribution in [3.8, 4) is 0 Å². The number of hydrogen-bond acceptors (Lipinski definition) is 6. The molecule has 2 aliphatic rings. The van der Waals surface area contributed by atoms with Crippen molar-refractivity contribution in [2.75, 3.05) is 18.5 Å². The number of nitrogens with zero attached hydrogens (tertiary/aromatic N) is 2. The molecule has 22 heavy (non-hydrogen) atoms. The molecule has 1 amide bonds. The minimum atomic E-state index is -0.943. The van der Waals surface area contributed by atoms with Crippen LogP contribution in [0.5, 0.6) is 0 Å². The number of carbonyl (C=O) groups excluding carboxylic acids is 1. The van der Waals surface area contributed by atoms with E-state index in [4.69, 9.17) is 4.74 Å². The first-order valence-corrected chi connectivity index (χ1v) is 7.92. The smallest absolute Gasteiger partial charge is 0.236 e. The topological polar surface area (TPSA) is 84.3 Å². The van der Waals surface area contributed by atoms with E-state index >= 15 is 0 Å². The van der Waals surface area contributed by atoms with Crippen molar-refractivity contribution in [3.05, 3.63) is 41.2 Å². The molecule has 1 saturated heterocycles. The van der Waals surface area contributed by atoms with E-state index in [-0.39, 0.29) is 19.1 Å². The Balaban J connectivity index is 1.51. The van der Waals surface area contributed by atoms with Gasteiger partial charge in [0.15, 0.2) is 5.13 Å². The van der Waals surface area contributed by atoms with Crippen LogP contribution in [0, 0.1) is 0 Å². The number of thiazole rings is 1. The maximum absolute atomic E-state index is 12.6. The summed E-state index contributed by atoms with van der Waals surface area (Å²) < 4.78 is 5.04. The lowest BCUT2D eigenvalue weighted by atomic mass is 9.97. The summed E-state index contributed by atoms with van der Waals surface area (Å²) in [6, 6.07) is 3.78. The van der Waals surface area contributed by atoms with Crippen molar-refractivity contribution < 1.29 is 14.6 Å². The molecule has 114 valence electrons. The van der Waals surface area contributed by atoms with Gasteiger partial charge in [-0.1, -0.05) is 17.4 Å². The maximum atomic E-state index is 12.6. The molecule has 1 aliphatic heterocycles.